The van der Waals surface area contributed by atoms with Gasteiger partial charge in [0.2, 0.25) is 5.91 Å². The number of ether oxygens (including phenoxy) is 2. The fourth-order valence-electron chi connectivity index (χ4n) is 3.08. The highest BCUT2D eigenvalue weighted by atomic mass is 35.5. The number of fused-ring (bicyclic) bond motifs is 1. The Labute approximate surface area is 148 Å². The molecule has 1 aliphatic carbocycles. The van der Waals surface area contributed by atoms with E-state index in [9.17, 15) is 9.90 Å². The average molecular weight is 357 g/mol. The number of carbonyl (C=O) groups is 1. The van der Waals surface area contributed by atoms with Crippen molar-refractivity contribution >= 4 is 18.3 Å². The molecule has 0 aromatic heterocycles. The smallest absolute Gasteiger partial charge is 0.236 e. The fourth-order valence-corrected chi connectivity index (χ4v) is 3.08. The van der Waals surface area contributed by atoms with E-state index in [0.717, 1.165) is 23.6 Å². The Morgan fingerprint density at radius 1 is 1.29 bits per heavy atom. The van der Waals surface area contributed by atoms with Gasteiger partial charge in [-0.15, -0.1) is 12.4 Å². The van der Waals surface area contributed by atoms with Crippen LogP contribution in [0.2, 0.25) is 0 Å². The number of β-amino-alcohol motifs (C(OH)–C–C–N with tert-alkyl or cyclic N) is 1. The maximum absolute atomic E-state index is 12.4. The lowest BCUT2D eigenvalue weighted by atomic mass is 9.95. The first-order valence-corrected chi connectivity index (χ1v) is 8.04. The lowest BCUT2D eigenvalue weighted by Crippen LogP contribution is -2.43. The normalized spacial score (nSPS) is 19.3. The molecule has 0 radical (unpaired) electrons. The van der Waals surface area contributed by atoms with E-state index in [4.69, 9.17) is 9.47 Å². The summed E-state index contributed by atoms with van der Waals surface area (Å²) in [5.74, 6) is 2.04. The molecule has 2 aliphatic rings. The topological polar surface area (TPSA) is 71.0 Å². The van der Waals surface area contributed by atoms with Crippen LogP contribution in [0.5, 0.6) is 11.5 Å². The largest absolute Gasteiger partial charge is 0.496 e. The third-order valence-corrected chi connectivity index (χ3v) is 4.55. The number of halogens is 1. The Morgan fingerprint density at radius 3 is 2.58 bits per heavy atom. The molecule has 0 spiro atoms. The molecule has 3 rings (SSSR count). The van der Waals surface area contributed by atoms with E-state index in [0.29, 0.717) is 24.6 Å². The number of rotatable bonds is 6. The average Bonchev–Trinajstić information content (AvgIpc) is 3.37. The number of benzene rings is 1. The van der Waals surface area contributed by atoms with E-state index in [2.05, 4.69) is 5.32 Å². The van der Waals surface area contributed by atoms with Gasteiger partial charge in [0.15, 0.2) is 0 Å². The van der Waals surface area contributed by atoms with Gasteiger partial charge < -0.3 is 24.8 Å². The zero-order valence-corrected chi connectivity index (χ0v) is 14.9. The predicted octanol–water partition coefficient (Wildman–Crippen LogP) is 1.50. The second-order valence-electron chi connectivity index (χ2n) is 6.23. The van der Waals surface area contributed by atoms with Gasteiger partial charge in [-0.05, 0) is 37.4 Å². The van der Waals surface area contributed by atoms with Crippen LogP contribution in [0.1, 0.15) is 30.1 Å². The first-order chi connectivity index (χ1) is 11.1. The summed E-state index contributed by atoms with van der Waals surface area (Å²) >= 11 is 0. The highest BCUT2D eigenvalue weighted by molar-refractivity contribution is 5.85. The first kappa shape index (κ1) is 18.8. The lowest BCUT2D eigenvalue weighted by molar-refractivity contribution is -0.133. The van der Waals surface area contributed by atoms with E-state index >= 15 is 0 Å². The highest BCUT2D eigenvalue weighted by Crippen LogP contribution is 2.39. The molecule has 7 heteroatoms. The van der Waals surface area contributed by atoms with Gasteiger partial charge >= 0.3 is 0 Å². The molecule has 1 aliphatic heterocycles. The molecule has 6 nitrogen and oxygen atoms in total. The van der Waals surface area contributed by atoms with Crippen molar-refractivity contribution in [2.45, 2.75) is 25.5 Å². The van der Waals surface area contributed by atoms with Crippen LogP contribution >= 0.6 is 12.4 Å². The SMILES string of the molecule is COc1ccc(OC)c2c1CN(C(=O)CNCC1CC1)CC2O.Cl. The molecule has 0 bridgehead atoms. The summed E-state index contributed by atoms with van der Waals surface area (Å²) in [4.78, 5) is 14.1. The van der Waals surface area contributed by atoms with Gasteiger partial charge in [0.05, 0.1) is 27.3 Å². The number of nitrogens with one attached hydrogen (secondary N) is 1. The fraction of sp³-hybridized carbons (Fsp3) is 0.588. The number of hydrogen-bond donors (Lipinski definition) is 2. The summed E-state index contributed by atoms with van der Waals surface area (Å²) in [6.07, 6.45) is 1.75. The maximum atomic E-state index is 12.4. The first-order valence-electron chi connectivity index (χ1n) is 8.04. The lowest BCUT2D eigenvalue weighted by Gasteiger charge is -2.34. The Balaban J connectivity index is 0.00000208. The Morgan fingerprint density at radius 2 is 1.96 bits per heavy atom. The number of aliphatic hydroxyl groups is 1. The second kappa shape index (κ2) is 8.05. The van der Waals surface area contributed by atoms with Crippen molar-refractivity contribution in [3.8, 4) is 11.5 Å². The molecule has 1 amide bonds. The van der Waals surface area contributed by atoms with E-state index < -0.39 is 6.10 Å². The van der Waals surface area contributed by atoms with Gasteiger partial charge in [0.25, 0.3) is 0 Å². The van der Waals surface area contributed by atoms with Crippen molar-refractivity contribution < 1.29 is 19.4 Å². The van der Waals surface area contributed by atoms with E-state index in [1.165, 1.54) is 12.8 Å². The minimum atomic E-state index is -0.767. The van der Waals surface area contributed by atoms with Crippen LogP contribution in [0.3, 0.4) is 0 Å². The molecule has 1 saturated carbocycles. The van der Waals surface area contributed by atoms with Gasteiger partial charge in [-0.1, -0.05) is 0 Å². The number of carbonyl (C=O) groups excluding carboxylic acids is 1. The van der Waals surface area contributed by atoms with Gasteiger partial charge in [-0.25, -0.2) is 0 Å². The number of hydrogen-bond acceptors (Lipinski definition) is 5. The van der Waals surface area contributed by atoms with E-state index in [1.54, 1.807) is 25.2 Å². The molecule has 1 unspecified atom stereocenters. The molecule has 1 fully saturated rings. The van der Waals surface area contributed by atoms with Crippen molar-refractivity contribution in [3.63, 3.8) is 0 Å². The summed E-state index contributed by atoms with van der Waals surface area (Å²) in [7, 11) is 3.17. The van der Waals surface area contributed by atoms with Crippen LogP contribution in [-0.2, 0) is 11.3 Å². The monoisotopic (exact) mass is 356 g/mol. The van der Waals surface area contributed by atoms with Crippen LogP contribution in [-0.4, -0.2) is 49.8 Å². The number of nitrogens with zero attached hydrogens (tertiary/aromatic N) is 1. The maximum Gasteiger partial charge on any atom is 0.236 e. The molecule has 1 atom stereocenters. The van der Waals surface area contributed by atoms with E-state index in [-0.39, 0.29) is 24.9 Å². The zero-order chi connectivity index (χ0) is 16.4. The van der Waals surface area contributed by atoms with Crippen molar-refractivity contribution in [2.75, 3.05) is 33.9 Å². The van der Waals surface area contributed by atoms with Gasteiger partial charge in [0, 0.05) is 17.7 Å². The summed E-state index contributed by atoms with van der Waals surface area (Å²) in [5, 5.41) is 13.7. The van der Waals surface area contributed by atoms with Crippen LogP contribution in [0, 0.1) is 5.92 Å². The van der Waals surface area contributed by atoms with Crippen molar-refractivity contribution in [1.82, 2.24) is 10.2 Å². The number of amides is 1. The zero-order valence-electron chi connectivity index (χ0n) is 14.1. The molecule has 2 N–H and O–H groups in total. The third-order valence-electron chi connectivity index (χ3n) is 4.55. The summed E-state index contributed by atoms with van der Waals surface area (Å²) in [6.45, 7) is 1.91. The van der Waals surface area contributed by atoms with Crippen LogP contribution in [0.25, 0.3) is 0 Å². The number of aliphatic hydroxyl groups excluding tert-OH is 1. The molecular weight excluding hydrogens is 332 g/mol. The van der Waals surface area contributed by atoms with Crippen LogP contribution < -0.4 is 14.8 Å². The Bertz CT molecular complexity index is 592. The quantitative estimate of drug-likeness (QED) is 0.808. The minimum Gasteiger partial charge on any atom is -0.496 e. The second-order valence-corrected chi connectivity index (χ2v) is 6.23. The van der Waals surface area contributed by atoms with E-state index in [1.807, 2.05) is 6.07 Å². The molecule has 24 heavy (non-hydrogen) atoms. The predicted molar refractivity (Wildman–Crippen MR) is 92.8 cm³/mol. The van der Waals surface area contributed by atoms with Crippen molar-refractivity contribution in [1.29, 1.82) is 0 Å². The Hall–Kier alpha value is -1.50. The number of methoxy groups -OCH3 is 2. The molecule has 134 valence electrons. The van der Waals surface area contributed by atoms with Gasteiger partial charge in [-0.2, -0.15) is 0 Å². The summed E-state index contributed by atoms with van der Waals surface area (Å²) < 4.78 is 10.7. The Kier molecular flexibility index (Phi) is 6.32. The van der Waals surface area contributed by atoms with Crippen LogP contribution in [0.15, 0.2) is 12.1 Å². The molecule has 1 aromatic carbocycles. The highest BCUT2D eigenvalue weighted by Gasteiger charge is 2.31. The molecular formula is C17H25ClN2O4. The van der Waals surface area contributed by atoms with Crippen molar-refractivity contribution in [3.05, 3.63) is 23.3 Å². The summed E-state index contributed by atoms with van der Waals surface area (Å²) in [6, 6.07) is 3.60. The minimum absolute atomic E-state index is 0. The molecule has 0 saturated heterocycles. The van der Waals surface area contributed by atoms with Crippen molar-refractivity contribution in [2.24, 2.45) is 5.92 Å². The third kappa shape index (κ3) is 3.94. The molecule has 1 heterocycles. The standard InChI is InChI=1S/C17H24N2O4.ClH/c1-22-14-5-6-15(23-2)17-12(14)9-19(10-13(17)20)16(21)8-18-7-11-3-4-11;/h5-6,11,13,18,20H,3-4,7-10H2,1-2H3;1H. The molecule has 1 aromatic rings. The van der Waals surface area contributed by atoms with Crippen LogP contribution in [0.4, 0.5) is 0 Å². The van der Waals surface area contributed by atoms with Gasteiger partial charge in [0.1, 0.15) is 17.6 Å². The van der Waals surface area contributed by atoms with Gasteiger partial charge in [-0.3, -0.25) is 4.79 Å². The summed E-state index contributed by atoms with van der Waals surface area (Å²) in [5.41, 5.74) is 1.54.